The van der Waals surface area contributed by atoms with Crippen molar-refractivity contribution in [3.05, 3.63) is 59.4 Å². The van der Waals surface area contributed by atoms with Crippen molar-refractivity contribution < 1.29 is 9.53 Å². The number of nitrogens with one attached hydrogen (secondary N) is 1. The number of amides is 1. The minimum Gasteiger partial charge on any atom is -0.494 e. The predicted molar refractivity (Wildman–Crippen MR) is 95.6 cm³/mol. The molecule has 24 heavy (non-hydrogen) atoms. The Morgan fingerprint density at radius 1 is 1.25 bits per heavy atom. The van der Waals surface area contributed by atoms with Gasteiger partial charge in [-0.15, -0.1) is 11.3 Å². The molecule has 1 amide bonds. The van der Waals surface area contributed by atoms with Crippen molar-refractivity contribution in [2.75, 3.05) is 11.9 Å². The highest BCUT2D eigenvalue weighted by molar-refractivity contribution is 7.13. The maximum absolute atomic E-state index is 12.3. The van der Waals surface area contributed by atoms with Crippen molar-refractivity contribution in [2.45, 2.75) is 13.8 Å². The van der Waals surface area contributed by atoms with Crippen molar-refractivity contribution in [3.63, 3.8) is 0 Å². The van der Waals surface area contributed by atoms with Crippen LogP contribution in [-0.4, -0.2) is 22.5 Å². The molecule has 5 nitrogen and oxygen atoms in total. The number of benzene rings is 1. The standard InChI is InChI=1S/C18H17N3O2S/c1-3-23-14-6-4-13(5-7-14)18-21-16(11-24-18)17(22)20-15-10-19-9-8-12(15)2/h4-11H,3H2,1-2H3,(H,20,22). The molecule has 0 unspecified atom stereocenters. The SMILES string of the molecule is CCOc1ccc(-c2nc(C(=O)Nc3cnccc3C)cs2)cc1. The topological polar surface area (TPSA) is 64.1 Å². The lowest BCUT2D eigenvalue weighted by Crippen LogP contribution is -2.13. The van der Waals surface area contributed by atoms with Crippen LogP contribution in [-0.2, 0) is 0 Å². The number of hydrogen-bond acceptors (Lipinski definition) is 5. The van der Waals surface area contributed by atoms with E-state index >= 15 is 0 Å². The highest BCUT2D eigenvalue weighted by Gasteiger charge is 2.13. The summed E-state index contributed by atoms with van der Waals surface area (Å²) in [6.45, 7) is 4.50. The monoisotopic (exact) mass is 339 g/mol. The van der Waals surface area contributed by atoms with Crippen LogP contribution in [0.2, 0.25) is 0 Å². The van der Waals surface area contributed by atoms with Gasteiger partial charge in [0.05, 0.1) is 18.5 Å². The van der Waals surface area contributed by atoms with Gasteiger partial charge in [0.15, 0.2) is 0 Å². The summed E-state index contributed by atoms with van der Waals surface area (Å²) < 4.78 is 5.43. The maximum atomic E-state index is 12.3. The summed E-state index contributed by atoms with van der Waals surface area (Å²) >= 11 is 1.44. The largest absolute Gasteiger partial charge is 0.494 e. The van der Waals surface area contributed by atoms with E-state index in [4.69, 9.17) is 4.74 Å². The number of aryl methyl sites for hydroxylation is 1. The van der Waals surface area contributed by atoms with Crippen LogP contribution in [0, 0.1) is 6.92 Å². The van der Waals surface area contributed by atoms with E-state index in [2.05, 4.69) is 15.3 Å². The van der Waals surface area contributed by atoms with Crippen LogP contribution in [0.4, 0.5) is 5.69 Å². The molecular weight excluding hydrogens is 322 g/mol. The number of rotatable bonds is 5. The normalized spacial score (nSPS) is 10.4. The molecule has 0 aliphatic rings. The van der Waals surface area contributed by atoms with Crippen molar-refractivity contribution in [3.8, 4) is 16.3 Å². The van der Waals surface area contributed by atoms with Crippen molar-refractivity contribution >= 4 is 22.9 Å². The summed E-state index contributed by atoms with van der Waals surface area (Å²) in [5, 5.41) is 5.39. The first kappa shape index (κ1) is 16.1. The second-order valence-electron chi connectivity index (χ2n) is 5.14. The van der Waals surface area contributed by atoms with Crippen LogP contribution in [0.25, 0.3) is 10.6 Å². The zero-order valence-electron chi connectivity index (χ0n) is 13.4. The Kier molecular flexibility index (Phi) is 4.86. The lowest BCUT2D eigenvalue weighted by molar-refractivity contribution is 0.102. The van der Waals surface area contributed by atoms with E-state index in [1.165, 1.54) is 11.3 Å². The van der Waals surface area contributed by atoms with Crippen LogP contribution >= 0.6 is 11.3 Å². The Morgan fingerprint density at radius 2 is 2.04 bits per heavy atom. The fourth-order valence-corrected chi connectivity index (χ4v) is 2.96. The summed E-state index contributed by atoms with van der Waals surface area (Å²) in [6, 6.07) is 9.54. The Labute approximate surface area is 144 Å². The third-order valence-corrected chi connectivity index (χ3v) is 4.33. The van der Waals surface area contributed by atoms with Gasteiger partial charge >= 0.3 is 0 Å². The maximum Gasteiger partial charge on any atom is 0.275 e. The highest BCUT2D eigenvalue weighted by Crippen LogP contribution is 2.26. The second-order valence-corrected chi connectivity index (χ2v) is 6.00. The molecule has 1 N–H and O–H groups in total. The van der Waals surface area contributed by atoms with E-state index in [0.29, 0.717) is 18.0 Å². The van der Waals surface area contributed by atoms with Crippen LogP contribution < -0.4 is 10.1 Å². The van der Waals surface area contributed by atoms with Gasteiger partial charge in [-0.1, -0.05) is 0 Å². The highest BCUT2D eigenvalue weighted by atomic mass is 32.1. The van der Waals surface area contributed by atoms with Gasteiger partial charge in [-0.25, -0.2) is 4.98 Å². The average Bonchev–Trinajstić information content (AvgIpc) is 3.08. The molecule has 3 aromatic rings. The molecular formula is C18H17N3O2S. The molecule has 3 rings (SSSR count). The van der Waals surface area contributed by atoms with Gasteiger partial charge in [0.2, 0.25) is 0 Å². The number of anilines is 1. The molecule has 122 valence electrons. The summed E-state index contributed by atoms with van der Waals surface area (Å²) in [7, 11) is 0. The summed E-state index contributed by atoms with van der Waals surface area (Å²) in [6.07, 6.45) is 3.32. The van der Waals surface area contributed by atoms with Crippen LogP contribution in [0.1, 0.15) is 23.0 Å². The van der Waals surface area contributed by atoms with E-state index in [-0.39, 0.29) is 5.91 Å². The molecule has 0 spiro atoms. The number of ether oxygens (including phenoxy) is 1. The number of carbonyl (C=O) groups excluding carboxylic acids is 1. The predicted octanol–water partition coefficient (Wildman–Crippen LogP) is 4.16. The molecule has 0 atom stereocenters. The Bertz CT molecular complexity index is 843. The van der Waals surface area contributed by atoms with Crippen molar-refractivity contribution in [2.24, 2.45) is 0 Å². The molecule has 6 heteroatoms. The van der Waals surface area contributed by atoms with Crippen LogP contribution in [0.15, 0.2) is 48.1 Å². The fraction of sp³-hybridized carbons (Fsp3) is 0.167. The molecule has 0 bridgehead atoms. The zero-order valence-corrected chi connectivity index (χ0v) is 14.3. The summed E-state index contributed by atoms with van der Waals surface area (Å²) in [4.78, 5) is 20.8. The van der Waals surface area contributed by atoms with Gasteiger partial charge in [-0.3, -0.25) is 9.78 Å². The second kappa shape index (κ2) is 7.23. The van der Waals surface area contributed by atoms with Crippen molar-refractivity contribution in [1.82, 2.24) is 9.97 Å². The number of nitrogens with zero attached hydrogens (tertiary/aromatic N) is 2. The first-order valence-electron chi connectivity index (χ1n) is 7.58. The Morgan fingerprint density at radius 3 is 2.75 bits per heavy atom. The molecule has 0 saturated heterocycles. The molecule has 0 aliphatic carbocycles. The van der Waals surface area contributed by atoms with E-state index < -0.39 is 0 Å². The number of pyridine rings is 1. The Hall–Kier alpha value is -2.73. The average molecular weight is 339 g/mol. The molecule has 2 heterocycles. The quantitative estimate of drug-likeness (QED) is 0.758. The molecule has 2 aromatic heterocycles. The number of aromatic nitrogens is 2. The first-order chi connectivity index (χ1) is 11.7. The minimum atomic E-state index is -0.237. The van der Waals surface area contributed by atoms with E-state index in [9.17, 15) is 4.79 Å². The third kappa shape index (κ3) is 3.60. The number of carbonyl (C=O) groups is 1. The third-order valence-electron chi connectivity index (χ3n) is 3.44. The molecule has 1 aromatic carbocycles. The van der Waals surface area contributed by atoms with E-state index in [0.717, 1.165) is 21.9 Å². The van der Waals surface area contributed by atoms with E-state index in [1.807, 2.05) is 44.2 Å². The zero-order chi connectivity index (χ0) is 16.9. The molecule has 0 radical (unpaired) electrons. The Balaban J connectivity index is 1.75. The summed E-state index contributed by atoms with van der Waals surface area (Å²) in [5.74, 6) is 0.586. The summed E-state index contributed by atoms with van der Waals surface area (Å²) in [5.41, 5.74) is 3.01. The lowest BCUT2D eigenvalue weighted by atomic mass is 10.2. The van der Waals surface area contributed by atoms with Gasteiger partial charge in [0, 0.05) is 17.1 Å². The molecule has 0 saturated carbocycles. The van der Waals surface area contributed by atoms with Crippen LogP contribution in [0.3, 0.4) is 0 Å². The number of hydrogen-bond donors (Lipinski definition) is 1. The van der Waals surface area contributed by atoms with Gasteiger partial charge < -0.3 is 10.1 Å². The van der Waals surface area contributed by atoms with Crippen LogP contribution in [0.5, 0.6) is 5.75 Å². The van der Waals surface area contributed by atoms with Crippen molar-refractivity contribution in [1.29, 1.82) is 0 Å². The van der Waals surface area contributed by atoms with Gasteiger partial charge in [-0.05, 0) is 49.7 Å². The fourth-order valence-electron chi connectivity index (χ4n) is 2.15. The van der Waals surface area contributed by atoms with Gasteiger partial charge in [0.1, 0.15) is 16.5 Å². The molecule has 0 aliphatic heterocycles. The lowest BCUT2D eigenvalue weighted by Gasteiger charge is -2.05. The number of thiazole rings is 1. The smallest absolute Gasteiger partial charge is 0.275 e. The van der Waals surface area contributed by atoms with E-state index in [1.54, 1.807) is 17.8 Å². The van der Waals surface area contributed by atoms with Gasteiger partial charge in [-0.2, -0.15) is 0 Å². The molecule has 0 fully saturated rings. The first-order valence-corrected chi connectivity index (χ1v) is 8.46. The minimum absolute atomic E-state index is 0.237. The van der Waals surface area contributed by atoms with Gasteiger partial charge in [0.25, 0.3) is 5.91 Å².